The van der Waals surface area contributed by atoms with Gasteiger partial charge in [-0.3, -0.25) is 9.69 Å². The van der Waals surface area contributed by atoms with E-state index >= 15 is 0 Å². The average molecular weight is 580 g/mol. The largest absolute Gasteiger partial charge is 0.493 e. The highest BCUT2D eigenvalue weighted by atomic mass is 16.5. The predicted octanol–water partition coefficient (Wildman–Crippen LogP) is 4.14. The van der Waals surface area contributed by atoms with Crippen LogP contribution in [0.3, 0.4) is 0 Å². The second kappa shape index (κ2) is 13.6. The molecule has 228 valence electrons. The Hall–Kier alpha value is -3.63. The minimum Gasteiger partial charge on any atom is -0.493 e. The van der Waals surface area contributed by atoms with Crippen LogP contribution in [0.25, 0.3) is 0 Å². The monoisotopic (exact) mass is 579 g/mol. The maximum atomic E-state index is 14.0. The van der Waals surface area contributed by atoms with E-state index in [0.717, 1.165) is 35.5 Å². The third-order valence-electron chi connectivity index (χ3n) is 7.68. The van der Waals surface area contributed by atoms with Crippen LogP contribution in [0.1, 0.15) is 55.5 Å². The average Bonchev–Trinajstić information content (AvgIpc) is 3.41. The van der Waals surface area contributed by atoms with E-state index in [1.54, 1.807) is 19.1 Å². The Balaban J connectivity index is 1.63. The molecule has 0 unspecified atom stereocenters. The van der Waals surface area contributed by atoms with Crippen LogP contribution < -0.4 is 14.8 Å². The van der Waals surface area contributed by atoms with Crippen molar-refractivity contribution in [2.45, 2.75) is 52.6 Å². The van der Waals surface area contributed by atoms with Crippen LogP contribution in [0.15, 0.2) is 41.5 Å². The summed E-state index contributed by atoms with van der Waals surface area (Å²) in [5.41, 5.74) is 4.60. The van der Waals surface area contributed by atoms with E-state index in [-0.39, 0.29) is 24.5 Å². The smallest absolute Gasteiger partial charge is 0.318 e. The minimum atomic E-state index is -0.443. The van der Waals surface area contributed by atoms with Crippen LogP contribution >= 0.6 is 0 Å². The summed E-state index contributed by atoms with van der Waals surface area (Å²) in [6.45, 7) is 13.9. The first-order chi connectivity index (χ1) is 20.0. The van der Waals surface area contributed by atoms with Crippen molar-refractivity contribution in [3.63, 3.8) is 0 Å². The predicted molar refractivity (Wildman–Crippen MR) is 163 cm³/mol. The number of nitrogens with zero attached hydrogens (tertiary/aromatic N) is 4. The number of amides is 3. The van der Waals surface area contributed by atoms with Gasteiger partial charge in [0.05, 0.1) is 39.2 Å². The van der Waals surface area contributed by atoms with Crippen molar-refractivity contribution in [3.8, 4) is 11.5 Å². The number of morpholine rings is 1. The van der Waals surface area contributed by atoms with Crippen molar-refractivity contribution >= 4 is 17.6 Å². The van der Waals surface area contributed by atoms with E-state index in [4.69, 9.17) is 19.3 Å². The fourth-order valence-corrected chi connectivity index (χ4v) is 5.13. The van der Waals surface area contributed by atoms with E-state index in [1.165, 1.54) is 10.6 Å². The number of hydrogen-bond acceptors (Lipinski definition) is 7. The summed E-state index contributed by atoms with van der Waals surface area (Å²) in [5, 5.41) is 9.43. The van der Waals surface area contributed by atoms with E-state index in [0.29, 0.717) is 44.2 Å². The maximum absolute atomic E-state index is 14.0. The summed E-state index contributed by atoms with van der Waals surface area (Å²) in [6.07, 6.45) is 0.533. The number of carbonyl (C=O) groups is 2. The lowest BCUT2D eigenvalue weighted by Crippen LogP contribution is -2.53. The number of hydrazone groups is 1. The van der Waals surface area contributed by atoms with Gasteiger partial charge < -0.3 is 24.4 Å². The molecule has 3 amide bonds. The standard InChI is InChI=1S/C32H45N5O5/c1-22-8-9-24(18-23(22)2)26-20-27(25-10-11-28(40-6)29(19-25)41-7)37(34-26)30(38)21-36(31(39)33-32(3,4)5)13-12-35-14-16-42-17-15-35/h8-11,18-19,27H,12-17,20-21H2,1-7H3,(H,33,39)/t27-/m1/s1. The van der Waals surface area contributed by atoms with Gasteiger partial charge in [0.15, 0.2) is 11.5 Å². The second-order valence-electron chi connectivity index (χ2n) is 12.0. The van der Waals surface area contributed by atoms with Gasteiger partial charge in [-0.2, -0.15) is 5.10 Å². The third-order valence-corrected chi connectivity index (χ3v) is 7.68. The van der Waals surface area contributed by atoms with Gasteiger partial charge in [0, 0.05) is 38.1 Å². The van der Waals surface area contributed by atoms with Crippen LogP contribution in [0, 0.1) is 13.8 Å². The number of nitrogens with one attached hydrogen (secondary N) is 1. The number of hydrogen-bond donors (Lipinski definition) is 1. The summed E-state index contributed by atoms with van der Waals surface area (Å²) < 4.78 is 16.5. The zero-order valence-electron chi connectivity index (χ0n) is 26.0. The van der Waals surface area contributed by atoms with Gasteiger partial charge in [0.25, 0.3) is 5.91 Å². The molecule has 0 bridgehead atoms. The number of aryl methyl sites for hydroxylation is 2. The molecule has 2 heterocycles. The normalized spacial score (nSPS) is 17.5. The molecule has 1 fully saturated rings. The number of ether oxygens (including phenoxy) is 3. The molecule has 0 saturated carbocycles. The number of benzene rings is 2. The van der Waals surface area contributed by atoms with Gasteiger partial charge in [-0.25, -0.2) is 9.80 Å². The molecule has 10 heteroatoms. The zero-order chi connectivity index (χ0) is 30.4. The summed E-state index contributed by atoms with van der Waals surface area (Å²) in [7, 11) is 3.19. The Kier molecular flexibility index (Phi) is 10.1. The Labute approximate surface area is 249 Å². The van der Waals surface area contributed by atoms with Crippen molar-refractivity contribution in [1.29, 1.82) is 0 Å². The topological polar surface area (TPSA) is 95.9 Å². The first kappa shape index (κ1) is 31.3. The molecule has 4 rings (SSSR count). The van der Waals surface area contributed by atoms with Gasteiger partial charge in [-0.15, -0.1) is 0 Å². The highest BCUT2D eigenvalue weighted by Crippen LogP contribution is 2.37. The van der Waals surface area contributed by atoms with Crippen LogP contribution in [-0.4, -0.2) is 98.2 Å². The first-order valence-corrected chi connectivity index (χ1v) is 14.6. The molecule has 1 N–H and O–H groups in total. The number of methoxy groups -OCH3 is 2. The molecule has 42 heavy (non-hydrogen) atoms. The van der Waals surface area contributed by atoms with Crippen molar-refractivity contribution in [1.82, 2.24) is 20.1 Å². The molecule has 0 aliphatic carbocycles. The summed E-state index contributed by atoms with van der Waals surface area (Å²) in [6, 6.07) is 11.3. The molecule has 0 aromatic heterocycles. The van der Waals surface area contributed by atoms with Crippen molar-refractivity contribution in [2.75, 3.05) is 60.2 Å². The molecule has 1 saturated heterocycles. The van der Waals surface area contributed by atoms with Crippen LogP contribution in [0.4, 0.5) is 4.79 Å². The van der Waals surface area contributed by atoms with Gasteiger partial charge in [0.1, 0.15) is 6.54 Å². The summed E-state index contributed by atoms with van der Waals surface area (Å²) in [5.74, 6) is 0.943. The Bertz CT molecular complexity index is 1300. The van der Waals surface area contributed by atoms with E-state index in [1.807, 2.05) is 45.0 Å². The second-order valence-corrected chi connectivity index (χ2v) is 12.0. The van der Waals surface area contributed by atoms with Gasteiger partial charge in [-0.05, 0) is 75.1 Å². The van der Waals surface area contributed by atoms with Crippen LogP contribution in [-0.2, 0) is 9.53 Å². The van der Waals surface area contributed by atoms with Gasteiger partial charge in [-0.1, -0.05) is 18.2 Å². The number of urea groups is 1. The highest BCUT2D eigenvalue weighted by Gasteiger charge is 2.35. The lowest BCUT2D eigenvalue weighted by Gasteiger charge is -2.33. The quantitative estimate of drug-likeness (QED) is 0.480. The van der Waals surface area contributed by atoms with Crippen molar-refractivity contribution < 1.29 is 23.8 Å². The van der Waals surface area contributed by atoms with Crippen LogP contribution in [0.2, 0.25) is 0 Å². The van der Waals surface area contributed by atoms with Gasteiger partial charge in [0.2, 0.25) is 0 Å². The van der Waals surface area contributed by atoms with Crippen LogP contribution in [0.5, 0.6) is 11.5 Å². The Morgan fingerprint density at radius 2 is 1.74 bits per heavy atom. The molecule has 10 nitrogen and oxygen atoms in total. The van der Waals surface area contributed by atoms with Gasteiger partial charge >= 0.3 is 6.03 Å². The molecular formula is C32H45N5O5. The lowest BCUT2D eigenvalue weighted by molar-refractivity contribution is -0.133. The number of rotatable bonds is 9. The molecule has 2 aliphatic heterocycles. The highest BCUT2D eigenvalue weighted by molar-refractivity contribution is 6.03. The maximum Gasteiger partial charge on any atom is 0.318 e. The fourth-order valence-electron chi connectivity index (χ4n) is 5.13. The first-order valence-electron chi connectivity index (χ1n) is 14.6. The molecule has 0 spiro atoms. The zero-order valence-corrected chi connectivity index (χ0v) is 26.0. The molecule has 2 aromatic rings. The lowest BCUT2D eigenvalue weighted by atomic mass is 9.96. The Morgan fingerprint density at radius 3 is 2.38 bits per heavy atom. The molecule has 1 atom stereocenters. The SMILES string of the molecule is COc1ccc([C@H]2CC(c3ccc(C)c(C)c3)=NN2C(=O)CN(CCN2CCOCC2)C(=O)NC(C)(C)C)cc1OC. The van der Waals surface area contributed by atoms with E-state index in [9.17, 15) is 9.59 Å². The van der Waals surface area contributed by atoms with E-state index in [2.05, 4.69) is 36.2 Å². The Morgan fingerprint density at radius 1 is 1.02 bits per heavy atom. The van der Waals surface area contributed by atoms with Crippen molar-refractivity contribution in [3.05, 3.63) is 58.7 Å². The molecule has 2 aliphatic rings. The third kappa shape index (κ3) is 7.80. The van der Waals surface area contributed by atoms with Crippen molar-refractivity contribution in [2.24, 2.45) is 5.10 Å². The minimum absolute atomic E-state index is 0.0975. The molecule has 2 aromatic carbocycles. The molecular weight excluding hydrogens is 534 g/mol. The van der Waals surface area contributed by atoms with E-state index < -0.39 is 5.54 Å². The summed E-state index contributed by atoms with van der Waals surface area (Å²) >= 11 is 0. The fraction of sp³-hybridized carbons (Fsp3) is 0.531. The summed E-state index contributed by atoms with van der Waals surface area (Å²) in [4.78, 5) is 31.3. The molecule has 0 radical (unpaired) electrons. The number of carbonyl (C=O) groups excluding carboxylic acids is 2.